The van der Waals surface area contributed by atoms with Gasteiger partial charge in [-0.15, -0.1) is 0 Å². The molecule has 0 saturated carbocycles. The van der Waals surface area contributed by atoms with E-state index in [0.29, 0.717) is 17.7 Å². The van der Waals surface area contributed by atoms with Gasteiger partial charge in [0.1, 0.15) is 12.6 Å². The first-order valence-electron chi connectivity index (χ1n) is 10.9. The summed E-state index contributed by atoms with van der Waals surface area (Å²) in [7, 11) is 0. The minimum Gasteiger partial charge on any atom is -0.480 e. The van der Waals surface area contributed by atoms with Crippen molar-refractivity contribution in [2.45, 2.75) is 43.4 Å². The van der Waals surface area contributed by atoms with Crippen molar-refractivity contribution in [3.63, 3.8) is 0 Å². The summed E-state index contributed by atoms with van der Waals surface area (Å²) >= 11 is 0. The topological polar surface area (TPSA) is 95.9 Å². The first kappa shape index (κ1) is 23.6. The van der Waals surface area contributed by atoms with Crippen molar-refractivity contribution in [2.24, 2.45) is 0 Å². The summed E-state index contributed by atoms with van der Waals surface area (Å²) in [5.74, 6) is -3.25. The number of carboxylic acid groups (broad SMARTS) is 1. The van der Waals surface area contributed by atoms with Gasteiger partial charge in [-0.3, -0.25) is 4.79 Å². The Hall–Kier alpha value is -3.56. The Bertz CT molecular complexity index is 1060. The predicted molar refractivity (Wildman–Crippen MR) is 115 cm³/mol. The van der Waals surface area contributed by atoms with E-state index in [1.165, 1.54) is 0 Å². The molecule has 2 aliphatic rings. The average molecular weight is 476 g/mol. The van der Waals surface area contributed by atoms with Crippen LogP contribution < -0.4 is 5.32 Å². The molecule has 34 heavy (non-hydrogen) atoms. The lowest BCUT2D eigenvalue weighted by Crippen LogP contribution is -2.60. The summed E-state index contributed by atoms with van der Waals surface area (Å²) in [6.45, 7) is -0.352. The van der Waals surface area contributed by atoms with Gasteiger partial charge < -0.3 is 20.1 Å². The van der Waals surface area contributed by atoms with Crippen LogP contribution in [-0.4, -0.2) is 59.4 Å². The highest BCUT2D eigenvalue weighted by Gasteiger charge is 2.50. The Balaban J connectivity index is 1.47. The monoisotopic (exact) mass is 476 g/mol. The van der Waals surface area contributed by atoms with Crippen LogP contribution in [0.25, 0.3) is 11.1 Å². The van der Waals surface area contributed by atoms with Crippen LogP contribution in [0.3, 0.4) is 0 Å². The molecule has 7 nitrogen and oxygen atoms in total. The number of alkyl halides is 3. The molecule has 1 fully saturated rings. The smallest absolute Gasteiger partial charge is 0.417 e. The number of hydrogen-bond donors (Lipinski definition) is 2. The zero-order valence-electron chi connectivity index (χ0n) is 18.0. The summed E-state index contributed by atoms with van der Waals surface area (Å²) < 4.78 is 46.2. The van der Waals surface area contributed by atoms with Gasteiger partial charge in [-0.2, -0.15) is 13.2 Å². The molecule has 2 aromatic carbocycles. The van der Waals surface area contributed by atoms with Gasteiger partial charge in [0.2, 0.25) is 6.04 Å². The van der Waals surface area contributed by atoms with E-state index in [-0.39, 0.29) is 25.5 Å². The number of fused-ring (bicyclic) bond motifs is 3. The Morgan fingerprint density at radius 1 is 1.03 bits per heavy atom. The molecule has 1 unspecified atom stereocenters. The van der Waals surface area contributed by atoms with Crippen LogP contribution in [0.15, 0.2) is 48.5 Å². The Morgan fingerprint density at radius 2 is 1.62 bits per heavy atom. The van der Waals surface area contributed by atoms with E-state index in [1.807, 2.05) is 48.5 Å². The Kier molecular flexibility index (Phi) is 6.49. The molecular weight excluding hydrogens is 453 g/mol. The van der Waals surface area contributed by atoms with E-state index in [1.54, 1.807) is 5.32 Å². The first-order chi connectivity index (χ1) is 16.2. The van der Waals surface area contributed by atoms with Crippen molar-refractivity contribution >= 4 is 18.0 Å². The van der Waals surface area contributed by atoms with Crippen LogP contribution in [0.4, 0.5) is 18.0 Å². The zero-order chi connectivity index (χ0) is 24.5. The van der Waals surface area contributed by atoms with Crippen LogP contribution in [0.1, 0.15) is 36.3 Å². The zero-order valence-corrected chi connectivity index (χ0v) is 18.0. The fourth-order valence-corrected chi connectivity index (χ4v) is 4.66. The maximum absolute atomic E-state index is 13.7. The predicted octanol–water partition coefficient (Wildman–Crippen LogP) is 3.92. The lowest BCUT2D eigenvalue weighted by atomic mass is 9.98. The largest absolute Gasteiger partial charge is 0.480 e. The first-order valence-corrected chi connectivity index (χ1v) is 10.9. The van der Waals surface area contributed by atoms with Gasteiger partial charge in [0.25, 0.3) is 5.91 Å². The third-order valence-electron chi connectivity index (χ3n) is 6.25. The number of carboxylic acids is 1. The molecule has 2 atom stereocenters. The van der Waals surface area contributed by atoms with E-state index >= 15 is 0 Å². The van der Waals surface area contributed by atoms with Gasteiger partial charge in [0.05, 0.1) is 0 Å². The van der Waals surface area contributed by atoms with Gasteiger partial charge in [-0.05, 0) is 41.5 Å². The third-order valence-corrected chi connectivity index (χ3v) is 6.25. The molecule has 0 radical (unpaired) electrons. The normalized spacial score (nSPS) is 18.6. The van der Waals surface area contributed by atoms with Gasteiger partial charge in [0.15, 0.2) is 0 Å². The second kappa shape index (κ2) is 9.36. The second-order valence-corrected chi connectivity index (χ2v) is 8.33. The van der Waals surface area contributed by atoms with Crippen molar-refractivity contribution in [2.75, 3.05) is 13.2 Å². The van der Waals surface area contributed by atoms with Gasteiger partial charge in [-0.25, -0.2) is 9.59 Å². The molecule has 1 saturated heterocycles. The number of aliphatic carboxylic acids is 1. The number of hydrogen-bond acceptors (Lipinski definition) is 4. The van der Waals surface area contributed by atoms with Crippen LogP contribution in [0, 0.1) is 0 Å². The molecule has 0 aromatic heterocycles. The molecule has 0 bridgehead atoms. The number of nitrogens with zero attached hydrogens (tertiary/aromatic N) is 1. The number of halogens is 3. The summed E-state index contributed by atoms with van der Waals surface area (Å²) in [6.07, 6.45) is -5.61. The minimum absolute atomic E-state index is 0.0522. The molecule has 2 N–H and O–H groups in total. The molecule has 2 aromatic rings. The fourth-order valence-electron chi connectivity index (χ4n) is 4.66. The third kappa shape index (κ3) is 4.57. The summed E-state index contributed by atoms with van der Waals surface area (Å²) in [5.41, 5.74) is 3.69. The highest BCUT2D eigenvalue weighted by atomic mass is 19.4. The maximum Gasteiger partial charge on any atom is 0.417 e. The van der Waals surface area contributed by atoms with E-state index in [9.17, 15) is 32.7 Å². The number of likely N-dealkylation sites (tertiary alicyclic amines) is 1. The summed E-state index contributed by atoms with van der Waals surface area (Å²) in [6, 6.07) is 10.7. The van der Waals surface area contributed by atoms with Crippen LogP contribution >= 0.6 is 0 Å². The molecular formula is C24H23F3N2O5. The lowest BCUT2D eigenvalue weighted by molar-refractivity contribution is -0.179. The van der Waals surface area contributed by atoms with Gasteiger partial charge in [0, 0.05) is 12.5 Å². The number of piperidine rings is 1. The Morgan fingerprint density at radius 3 is 2.18 bits per heavy atom. The Labute approximate surface area is 193 Å². The second-order valence-electron chi connectivity index (χ2n) is 8.33. The minimum atomic E-state index is -5.12. The highest BCUT2D eigenvalue weighted by molar-refractivity contribution is 5.90. The number of nitrogens with one attached hydrogen (secondary N) is 1. The van der Waals surface area contributed by atoms with Gasteiger partial charge >= 0.3 is 18.2 Å². The number of carbonyl (C=O) groups excluding carboxylic acids is 2. The molecule has 10 heteroatoms. The SMILES string of the molecule is O=C(NC(C(=O)N1CCCC[C@H]1C(=O)O)C(F)(F)F)OCC1c2ccccc2-c2ccccc21. The fraction of sp³-hybridized carbons (Fsp3) is 0.375. The van der Waals surface area contributed by atoms with Gasteiger partial charge in [-0.1, -0.05) is 48.5 Å². The number of alkyl carbamates (subject to hydrolysis) is 1. The summed E-state index contributed by atoms with van der Waals surface area (Å²) in [4.78, 5) is 37.1. The molecule has 2 amide bonds. The van der Waals surface area contributed by atoms with Crippen molar-refractivity contribution in [3.8, 4) is 11.1 Å². The summed E-state index contributed by atoms with van der Waals surface area (Å²) in [5, 5.41) is 10.9. The number of ether oxygens (including phenoxy) is 1. The van der Waals surface area contributed by atoms with Crippen LogP contribution in [-0.2, 0) is 14.3 Å². The van der Waals surface area contributed by atoms with E-state index in [0.717, 1.165) is 22.3 Å². The number of benzene rings is 2. The van der Waals surface area contributed by atoms with E-state index < -0.39 is 36.2 Å². The lowest BCUT2D eigenvalue weighted by Gasteiger charge is -2.35. The van der Waals surface area contributed by atoms with Crippen molar-refractivity contribution < 1.29 is 37.4 Å². The number of carbonyl (C=O) groups is 3. The van der Waals surface area contributed by atoms with Crippen molar-refractivity contribution in [1.82, 2.24) is 10.2 Å². The van der Waals surface area contributed by atoms with Crippen molar-refractivity contribution in [3.05, 3.63) is 59.7 Å². The van der Waals surface area contributed by atoms with Crippen molar-refractivity contribution in [1.29, 1.82) is 0 Å². The highest BCUT2D eigenvalue weighted by Crippen LogP contribution is 2.44. The quantitative estimate of drug-likeness (QED) is 0.682. The van der Waals surface area contributed by atoms with Crippen LogP contribution in [0.5, 0.6) is 0 Å². The van der Waals surface area contributed by atoms with E-state index in [4.69, 9.17) is 4.74 Å². The molecule has 0 spiro atoms. The van der Waals surface area contributed by atoms with Crippen LogP contribution in [0.2, 0.25) is 0 Å². The maximum atomic E-state index is 13.7. The molecule has 1 heterocycles. The number of rotatable bonds is 5. The molecule has 180 valence electrons. The molecule has 1 aliphatic heterocycles. The standard InChI is InChI=1S/C24H23F3N2O5/c25-24(26,27)20(21(30)29-12-6-5-11-19(29)22(31)32)28-23(33)34-13-18-16-9-3-1-7-14(16)15-8-2-4-10-17(15)18/h1-4,7-10,18-20H,5-6,11-13H2,(H,28,33)(H,31,32)/t19-,20?/m0/s1. The molecule has 1 aliphatic carbocycles. The molecule has 4 rings (SSSR count). The number of amides is 2. The van der Waals surface area contributed by atoms with E-state index in [2.05, 4.69) is 0 Å². The average Bonchev–Trinajstić information content (AvgIpc) is 3.14.